The quantitative estimate of drug-likeness (QED) is 0.722. The molecular weight excluding hydrogens is 330 g/mol. The van der Waals surface area contributed by atoms with Crippen LogP contribution >= 0.6 is 0 Å². The van der Waals surface area contributed by atoms with Gasteiger partial charge in [-0.25, -0.2) is 4.68 Å². The minimum absolute atomic E-state index is 0.0963. The lowest BCUT2D eigenvalue weighted by atomic mass is 9.96. The Bertz CT molecular complexity index is 905. The molecule has 1 fully saturated rings. The molecule has 3 heterocycles. The van der Waals surface area contributed by atoms with Crippen molar-refractivity contribution in [3.8, 4) is 11.3 Å². The highest BCUT2D eigenvalue weighted by Gasteiger charge is 2.36. The average molecular weight is 351 g/mol. The molecule has 7 heteroatoms. The van der Waals surface area contributed by atoms with Crippen molar-refractivity contribution in [1.82, 2.24) is 25.1 Å². The fourth-order valence-corrected chi connectivity index (χ4v) is 3.50. The van der Waals surface area contributed by atoms with E-state index in [2.05, 4.69) is 15.5 Å². The molecule has 0 radical (unpaired) electrons. The maximum absolute atomic E-state index is 12.7. The maximum atomic E-state index is 12.7. The molecule has 4 rings (SSSR count). The lowest BCUT2D eigenvalue weighted by molar-refractivity contribution is -0.138. The van der Waals surface area contributed by atoms with Crippen LogP contribution in [0.3, 0.4) is 0 Å². The fraction of sp³-hybridized carbons (Fsp3) is 0.368. The van der Waals surface area contributed by atoms with Crippen molar-refractivity contribution in [2.45, 2.75) is 32.7 Å². The first kappa shape index (κ1) is 16.5. The SMILES string of the molecule is Cc1noc(C)c1[C@@H](C)C(=O)N1CC(n2cc(-c3ccccc3)nn2)C1. The summed E-state index contributed by atoms with van der Waals surface area (Å²) in [4.78, 5) is 14.6. The molecule has 0 aliphatic carbocycles. The summed E-state index contributed by atoms with van der Waals surface area (Å²) < 4.78 is 7.04. The second kappa shape index (κ2) is 6.40. The molecule has 0 unspecified atom stereocenters. The summed E-state index contributed by atoms with van der Waals surface area (Å²) in [5.41, 5.74) is 3.56. The lowest BCUT2D eigenvalue weighted by Gasteiger charge is -2.40. The van der Waals surface area contributed by atoms with E-state index in [9.17, 15) is 4.79 Å². The standard InChI is InChI=1S/C19H21N5O2/c1-12(18-13(2)21-26-14(18)3)19(25)23-9-16(10-23)24-11-17(20-22-24)15-7-5-4-6-8-15/h4-8,11-12,16H,9-10H2,1-3H3/t12-/m1/s1. The van der Waals surface area contributed by atoms with Gasteiger partial charge in [0.25, 0.3) is 0 Å². The molecule has 1 aromatic carbocycles. The van der Waals surface area contributed by atoms with Gasteiger partial charge in [-0.15, -0.1) is 5.10 Å². The third kappa shape index (κ3) is 2.79. The molecule has 2 aromatic heterocycles. The maximum Gasteiger partial charge on any atom is 0.230 e. The Morgan fingerprint density at radius 2 is 1.96 bits per heavy atom. The van der Waals surface area contributed by atoms with Crippen molar-refractivity contribution >= 4 is 5.91 Å². The Morgan fingerprint density at radius 1 is 1.23 bits per heavy atom. The van der Waals surface area contributed by atoms with Crippen molar-refractivity contribution in [3.63, 3.8) is 0 Å². The zero-order valence-corrected chi connectivity index (χ0v) is 15.1. The van der Waals surface area contributed by atoms with Crippen LogP contribution in [0.1, 0.15) is 35.9 Å². The molecule has 134 valence electrons. The van der Waals surface area contributed by atoms with E-state index < -0.39 is 0 Å². The molecule has 7 nitrogen and oxygen atoms in total. The van der Waals surface area contributed by atoms with Crippen LogP contribution < -0.4 is 0 Å². The number of benzene rings is 1. The largest absolute Gasteiger partial charge is 0.361 e. The van der Waals surface area contributed by atoms with Crippen molar-refractivity contribution in [2.24, 2.45) is 0 Å². The molecule has 3 aromatic rings. The van der Waals surface area contributed by atoms with Crippen LogP contribution in [0.4, 0.5) is 0 Å². The van der Waals surface area contributed by atoms with Gasteiger partial charge in [0.05, 0.1) is 23.9 Å². The molecule has 1 aliphatic rings. The highest BCUT2D eigenvalue weighted by atomic mass is 16.5. The number of likely N-dealkylation sites (tertiary alicyclic amines) is 1. The zero-order valence-electron chi connectivity index (χ0n) is 15.1. The average Bonchev–Trinajstić information content (AvgIpc) is 3.21. The highest BCUT2D eigenvalue weighted by molar-refractivity contribution is 5.84. The predicted octanol–water partition coefficient (Wildman–Crippen LogP) is 2.74. The number of rotatable bonds is 4. The van der Waals surface area contributed by atoms with Gasteiger partial charge in [0.1, 0.15) is 11.5 Å². The van der Waals surface area contributed by atoms with Gasteiger partial charge in [-0.1, -0.05) is 40.7 Å². The normalized spacial score (nSPS) is 15.7. The summed E-state index contributed by atoms with van der Waals surface area (Å²) in [6.45, 7) is 6.91. The third-order valence-corrected chi connectivity index (χ3v) is 5.02. The van der Waals surface area contributed by atoms with Gasteiger partial charge in [0.15, 0.2) is 0 Å². The van der Waals surface area contributed by atoms with Crippen LogP contribution in [0.15, 0.2) is 41.1 Å². The summed E-state index contributed by atoms with van der Waals surface area (Å²) in [6, 6.07) is 10.1. The topological polar surface area (TPSA) is 77.0 Å². The third-order valence-electron chi connectivity index (χ3n) is 5.02. The number of aromatic nitrogens is 4. The van der Waals surface area contributed by atoms with E-state index in [4.69, 9.17) is 4.52 Å². The van der Waals surface area contributed by atoms with Gasteiger partial charge in [-0.3, -0.25) is 4.79 Å². The number of hydrogen-bond acceptors (Lipinski definition) is 5. The van der Waals surface area contributed by atoms with Crippen molar-refractivity contribution < 1.29 is 9.32 Å². The second-order valence-electron chi connectivity index (χ2n) is 6.81. The molecule has 26 heavy (non-hydrogen) atoms. The van der Waals surface area contributed by atoms with Gasteiger partial charge in [0.2, 0.25) is 5.91 Å². The molecule has 1 atom stereocenters. The molecular formula is C19H21N5O2. The van der Waals surface area contributed by atoms with E-state index in [0.717, 1.165) is 22.5 Å². The van der Waals surface area contributed by atoms with E-state index >= 15 is 0 Å². The first-order valence-electron chi connectivity index (χ1n) is 8.73. The summed E-state index contributed by atoms with van der Waals surface area (Å²) in [6.07, 6.45) is 1.94. The van der Waals surface area contributed by atoms with Crippen LogP contribution in [-0.2, 0) is 4.79 Å². The number of amides is 1. The smallest absolute Gasteiger partial charge is 0.230 e. The minimum Gasteiger partial charge on any atom is -0.361 e. The van der Waals surface area contributed by atoms with E-state index in [0.29, 0.717) is 18.8 Å². The van der Waals surface area contributed by atoms with E-state index in [1.807, 2.05) is 66.9 Å². The lowest BCUT2D eigenvalue weighted by Crippen LogP contribution is -2.52. The monoisotopic (exact) mass is 351 g/mol. The fourth-order valence-electron chi connectivity index (χ4n) is 3.50. The number of aryl methyl sites for hydroxylation is 2. The molecule has 1 saturated heterocycles. The molecule has 0 saturated carbocycles. The first-order chi connectivity index (χ1) is 12.5. The number of hydrogen-bond donors (Lipinski definition) is 0. The molecule has 1 amide bonds. The van der Waals surface area contributed by atoms with Crippen LogP contribution in [0.2, 0.25) is 0 Å². The Hall–Kier alpha value is -2.96. The minimum atomic E-state index is -0.252. The van der Waals surface area contributed by atoms with E-state index in [1.54, 1.807) is 0 Å². The van der Waals surface area contributed by atoms with Crippen molar-refractivity contribution in [2.75, 3.05) is 13.1 Å². The number of carbonyl (C=O) groups excluding carboxylic acids is 1. The van der Waals surface area contributed by atoms with Crippen LogP contribution in [0.25, 0.3) is 11.3 Å². The van der Waals surface area contributed by atoms with Crippen LogP contribution in [-0.4, -0.2) is 44.0 Å². The van der Waals surface area contributed by atoms with Gasteiger partial charge < -0.3 is 9.42 Å². The zero-order chi connectivity index (χ0) is 18.3. The van der Waals surface area contributed by atoms with E-state index in [1.165, 1.54) is 0 Å². The Kier molecular flexibility index (Phi) is 4.06. The van der Waals surface area contributed by atoms with Crippen LogP contribution in [0.5, 0.6) is 0 Å². The van der Waals surface area contributed by atoms with Gasteiger partial charge in [-0.05, 0) is 20.8 Å². The van der Waals surface area contributed by atoms with Gasteiger partial charge in [0, 0.05) is 24.2 Å². The summed E-state index contributed by atoms with van der Waals surface area (Å²) >= 11 is 0. The number of carbonyl (C=O) groups is 1. The summed E-state index contributed by atoms with van der Waals surface area (Å²) in [5.74, 6) is 0.557. The second-order valence-corrected chi connectivity index (χ2v) is 6.81. The Labute approximate surface area is 151 Å². The summed E-state index contributed by atoms with van der Waals surface area (Å²) in [7, 11) is 0. The van der Waals surface area contributed by atoms with E-state index in [-0.39, 0.29) is 17.9 Å². The van der Waals surface area contributed by atoms with Crippen LogP contribution in [0, 0.1) is 13.8 Å². The predicted molar refractivity (Wildman–Crippen MR) is 95.5 cm³/mol. The Morgan fingerprint density at radius 3 is 2.62 bits per heavy atom. The molecule has 0 N–H and O–H groups in total. The number of nitrogens with zero attached hydrogens (tertiary/aromatic N) is 5. The van der Waals surface area contributed by atoms with Crippen molar-refractivity contribution in [3.05, 3.63) is 53.5 Å². The Balaban J connectivity index is 1.41. The molecule has 0 spiro atoms. The summed E-state index contributed by atoms with van der Waals surface area (Å²) in [5, 5.41) is 12.4. The molecule has 1 aliphatic heterocycles. The first-order valence-corrected chi connectivity index (χ1v) is 8.73. The van der Waals surface area contributed by atoms with Gasteiger partial charge in [-0.2, -0.15) is 0 Å². The van der Waals surface area contributed by atoms with Gasteiger partial charge >= 0.3 is 0 Å². The molecule has 0 bridgehead atoms. The highest BCUT2D eigenvalue weighted by Crippen LogP contribution is 2.29. The van der Waals surface area contributed by atoms with Crippen molar-refractivity contribution in [1.29, 1.82) is 0 Å².